The van der Waals surface area contributed by atoms with Crippen molar-refractivity contribution in [2.45, 2.75) is 62.3 Å². The van der Waals surface area contributed by atoms with Gasteiger partial charge in [0.25, 0.3) is 0 Å². The van der Waals surface area contributed by atoms with Crippen LogP contribution in [0.2, 0.25) is 0 Å². The molecule has 34 heavy (non-hydrogen) atoms. The minimum atomic E-state index is -4.93. The molecule has 1 amide bonds. The molecular weight excluding hydrogens is 528 g/mol. The second-order valence-corrected chi connectivity index (χ2v) is 9.23. The van der Waals surface area contributed by atoms with Gasteiger partial charge in [-0.3, -0.25) is 4.79 Å². The Hall–Kier alpha value is -2.07. The van der Waals surface area contributed by atoms with Crippen molar-refractivity contribution in [1.29, 1.82) is 0 Å². The van der Waals surface area contributed by atoms with Crippen molar-refractivity contribution < 1.29 is 35.9 Å². The zero-order valence-electron chi connectivity index (χ0n) is 17.9. The Morgan fingerprint density at radius 1 is 0.971 bits per heavy atom. The van der Waals surface area contributed by atoms with E-state index in [1.165, 1.54) is 0 Å². The zero-order chi connectivity index (χ0) is 24.7. The molecule has 0 aromatic heterocycles. The van der Waals surface area contributed by atoms with E-state index in [-0.39, 0.29) is 28.9 Å². The van der Waals surface area contributed by atoms with Gasteiger partial charge in [-0.25, -0.2) is 0 Å². The van der Waals surface area contributed by atoms with Crippen LogP contribution in [-0.4, -0.2) is 28.3 Å². The summed E-state index contributed by atoms with van der Waals surface area (Å²) in [6.07, 6.45) is -7.91. The normalized spacial score (nSPS) is 25.0. The van der Waals surface area contributed by atoms with E-state index in [1.807, 2.05) is 30.3 Å². The number of hydrogen-bond acceptors (Lipinski definition) is 2. The quantitative estimate of drug-likeness (QED) is 0.307. The van der Waals surface area contributed by atoms with Crippen LogP contribution in [0.3, 0.4) is 0 Å². The number of fused-ring (bicyclic) bond motifs is 2. The molecule has 2 heterocycles. The van der Waals surface area contributed by atoms with Crippen LogP contribution in [-0.2, 0) is 34.0 Å². The van der Waals surface area contributed by atoms with Crippen LogP contribution < -0.4 is 0 Å². The summed E-state index contributed by atoms with van der Waals surface area (Å²) >= 11 is 3.23. The number of amides is 1. The number of carbonyl (C=O) groups excluding carboxylic acids is 1. The molecule has 0 aliphatic carbocycles. The molecule has 2 saturated heterocycles. The largest absolute Gasteiger partial charge is 0.416 e. The van der Waals surface area contributed by atoms with Crippen LogP contribution >= 0.6 is 15.9 Å². The fraction of sp³-hybridized carbons (Fsp3) is 0.458. The Bertz CT molecular complexity index is 1010. The summed E-state index contributed by atoms with van der Waals surface area (Å²) in [6, 6.07) is 10.8. The highest BCUT2D eigenvalue weighted by molar-refractivity contribution is 9.09. The lowest BCUT2D eigenvalue weighted by atomic mass is 9.78. The molecule has 3 unspecified atom stereocenters. The summed E-state index contributed by atoms with van der Waals surface area (Å²) in [6.45, 7) is -0.437. The number of rotatable bonds is 5. The topological polar surface area (TPSA) is 29.5 Å². The molecule has 2 aromatic carbocycles. The average molecular weight is 550 g/mol. The van der Waals surface area contributed by atoms with Gasteiger partial charge in [0.05, 0.1) is 34.7 Å². The summed E-state index contributed by atoms with van der Waals surface area (Å²) in [4.78, 5) is 14.7. The minimum absolute atomic E-state index is 0.00972. The fourth-order valence-corrected chi connectivity index (χ4v) is 5.61. The second-order valence-electron chi connectivity index (χ2n) is 8.67. The van der Waals surface area contributed by atoms with Gasteiger partial charge in [0.15, 0.2) is 0 Å². The lowest BCUT2D eigenvalue weighted by Gasteiger charge is -2.50. The zero-order valence-corrected chi connectivity index (χ0v) is 19.5. The van der Waals surface area contributed by atoms with E-state index in [1.54, 1.807) is 4.90 Å². The molecule has 0 saturated carbocycles. The van der Waals surface area contributed by atoms with Crippen LogP contribution in [0, 0.1) is 0 Å². The van der Waals surface area contributed by atoms with Crippen molar-refractivity contribution in [3.8, 4) is 0 Å². The van der Waals surface area contributed by atoms with Gasteiger partial charge in [-0.1, -0.05) is 46.3 Å². The van der Waals surface area contributed by atoms with Crippen molar-refractivity contribution in [2.24, 2.45) is 0 Å². The van der Waals surface area contributed by atoms with Crippen molar-refractivity contribution in [2.75, 3.05) is 5.33 Å². The fourth-order valence-electron chi connectivity index (χ4n) is 5.34. The molecule has 3 nitrogen and oxygen atoms in total. The molecule has 0 radical (unpaired) electrons. The summed E-state index contributed by atoms with van der Waals surface area (Å²) in [5.41, 5.74) is -2.96. The Labute approximate surface area is 201 Å². The van der Waals surface area contributed by atoms with Gasteiger partial charge in [0, 0.05) is 6.04 Å². The summed E-state index contributed by atoms with van der Waals surface area (Å²) in [5.74, 6) is -0.127. The highest BCUT2D eigenvalue weighted by atomic mass is 79.9. The molecule has 3 atom stereocenters. The number of hydrogen-bond donors (Lipinski definition) is 0. The SMILES string of the molecule is O=C(CBr)N1C2CCC(OCc3cc(C(F)(F)F)cc(C(F)(F)F)c3)C1(c1ccccc1)CC2. The molecule has 2 fully saturated rings. The first-order valence-electron chi connectivity index (χ1n) is 10.8. The van der Waals surface area contributed by atoms with Crippen molar-refractivity contribution >= 4 is 21.8 Å². The maximum absolute atomic E-state index is 13.3. The van der Waals surface area contributed by atoms with Gasteiger partial charge in [-0.15, -0.1) is 0 Å². The van der Waals surface area contributed by atoms with Gasteiger partial charge in [0.1, 0.15) is 0 Å². The van der Waals surface area contributed by atoms with Crippen LogP contribution in [0.1, 0.15) is 47.9 Å². The molecule has 184 valence electrons. The third-order valence-corrected chi connectivity index (χ3v) is 7.18. The van der Waals surface area contributed by atoms with E-state index in [2.05, 4.69) is 15.9 Å². The maximum Gasteiger partial charge on any atom is 0.416 e. The van der Waals surface area contributed by atoms with Gasteiger partial charge in [0.2, 0.25) is 5.91 Å². The van der Waals surface area contributed by atoms with Crippen molar-refractivity contribution in [1.82, 2.24) is 4.90 Å². The van der Waals surface area contributed by atoms with E-state index in [4.69, 9.17) is 4.74 Å². The number of halogens is 7. The van der Waals surface area contributed by atoms with E-state index in [0.29, 0.717) is 31.4 Å². The third-order valence-electron chi connectivity index (χ3n) is 6.70. The van der Waals surface area contributed by atoms with Crippen LogP contribution in [0.25, 0.3) is 0 Å². The summed E-state index contributed by atoms with van der Waals surface area (Å²) in [5, 5.41) is 0.105. The Balaban J connectivity index is 1.69. The average Bonchev–Trinajstić information content (AvgIpc) is 3.08. The summed E-state index contributed by atoms with van der Waals surface area (Å²) < 4.78 is 85.6. The lowest BCUT2D eigenvalue weighted by molar-refractivity contribution is -0.153. The molecule has 2 bridgehead atoms. The first-order valence-corrected chi connectivity index (χ1v) is 11.9. The smallest absolute Gasteiger partial charge is 0.371 e. The van der Waals surface area contributed by atoms with E-state index in [0.717, 1.165) is 12.0 Å². The van der Waals surface area contributed by atoms with Crippen LogP contribution in [0.5, 0.6) is 0 Å². The first-order chi connectivity index (χ1) is 16.0. The highest BCUT2D eigenvalue weighted by Gasteiger charge is 2.57. The number of alkyl halides is 7. The standard InChI is InChI=1S/C24H22BrF6NO2/c25-13-21(33)32-19-6-7-20(22(32,9-8-19)16-4-2-1-3-5-16)34-14-15-10-17(23(26,27)28)12-18(11-15)24(29,30)31/h1-5,10-12,19-20H,6-9,13-14H2. The first kappa shape index (κ1) is 25.0. The Morgan fingerprint density at radius 2 is 1.59 bits per heavy atom. The minimum Gasteiger partial charge on any atom is -0.371 e. The Morgan fingerprint density at radius 3 is 2.15 bits per heavy atom. The predicted molar refractivity (Wildman–Crippen MR) is 116 cm³/mol. The number of benzene rings is 2. The Kier molecular flexibility index (Phi) is 6.76. The number of carbonyl (C=O) groups is 1. The molecule has 0 N–H and O–H groups in total. The predicted octanol–water partition coefficient (Wildman–Crippen LogP) is 6.68. The van der Waals surface area contributed by atoms with Gasteiger partial charge >= 0.3 is 12.4 Å². The van der Waals surface area contributed by atoms with Gasteiger partial charge < -0.3 is 9.64 Å². The van der Waals surface area contributed by atoms with Crippen LogP contribution in [0.15, 0.2) is 48.5 Å². The van der Waals surface area contributed by atoms with Crippen molar-refractivity contribution in [3.05, 3.63) is 70.8 Å². The summed E-state index contributed by atoms with van der Waals surface area (Å²) in [7, 11) is 0. The molecular formula is C24H22BrF6NO2. The number of piperidine rings is 1. The second kappa shape index (κ2) is 9.18. The number of nitrogens with zero attached hydrogens (tertiary/aromatic N) is 1. The molecule has 2 aromatic rings. The van der Waals surface area contributed by atoms with E-state index < -0.39 is 41.7 Å². The molecule has 0 spiro atoms. The molecule has 4 rings (SSSR count). The van der Waals surface area contributed by atoms with E-state index in [9.17, 15) is 31.1 Å². The van der Waals surface area contributed by atoms with Crippen LogP contribution in [0.4, 0.5) is 26.3 Å². The van der Waals surface area contributed by atoms with E-state index >= 15 is 0 Å². The molecule has 2 aliphatic heterocycles. The third kappa shape index (κ3) is 4.58. The van der Waals surface area contributed by atoms with Crippen molar-refractivity contribution in [3.63, 3.8) is 0 Å². The molecule has 2 aliphatic rings. The molecule has 10 heteroatoms. The lowest BCUT2D eigenvalue weighted by Crippen LogP contribution is -2.59. The number of ether oxygens (including phenoxy) is 1. The monoisotopic (exact) mass is 549 g/mol. The highest BCUT2D eigenvalue weighted by Crippen LogP contribution is 2.52. The van der Waals surface area contributed by atoms with Gasteiger partial charge in [-0.2, -0.15) is 26.3 Å². The maximum atomic E-state index is 13.3. The van der Waals surface area contributed by atoms with Gasteiger partial charge in [-0.05, 0) is 55.0 Å².